The maximum atomic E-state index is 12.8. The Kier molecular flexibility index (Phi) is 7.79. The van der Waals surface area contributed by atoms with Gasteiger partial charge >= 0.3 is 11.7 Å². The number of ether oxygens (including phenoxy) is 1. The van der Waals surface area contributed by atoms with Gasteiger partial charge in [0.05, 0.1) is 5.56 Å². The molecule has 10 nitrogen and oxygen atoms in total. The van der Waals surface area contributed by atoms with Crippen LogP contribution in [-0.4, -0.2) is 39.7 Å². The van der Waals surface area contributed by atoms with Crippen molar-refractivity contribution in [3.63, 3.8) is 0 Å². The Balaban J connectivity index is 2.29. The van der Waals surface area contributed by atoms with Crippen molar-refractivity contribution in [2.24, 2.45) is 0 Å². The molecule has 1 aromatic heterocycles. The molecule has 0 saturated carbocycles. The number of esters is 1. The molecule has 0 saturated heterocycles. The van der Waals surface area contributed by atoms with E-state index in [-0.39, 0.29) is 35.9 Å². The van der Waals surface area contributed by atoms with Gasteiger partial charge in [0.2, 0.25) is 0 Å². The van der Waals surface area contributed by atoms with E-state index in [1.807, 2.05) is 13.8 Å². The summed E-state index contributed by atoms with van der Waals surface area (Å²) in [4.78, 5) is 52.8. The number of carbonyl (C=O) groups is 2. The predicted octanol–water partition coefficient (Wildman–Crippen LogP) is 1.22. The van der Waals surface area contributed by atoms with Crippen molar-refractivity contribution in [1.82, 2.24) is 9.55 Å². The van der Waals surface area contributed by atoms with Crippen molar-refractivity contribution < 1.29 is 19.4 Å². The van der Waals surface area contributed by atoms with Crippen LogP contribution in [0.25, 0.3) is 0 Å². The highest BCUT2D eigenvalue weighted by Crippen LogP contribution is 2.18. The van der Waals surface area contributed by atoms with Crippen LogP contribution < -0.4 is 21.9 Å². The van der Waals surface area contributed by atoms with Crippen LogP contribution in [0.4, 0.5) is 11.5 Å². The third-order valence-corrected chi connectivity index (χ3v) is 4.40. The van der Waals surface area contributed by atoms with Gasteiger partial charge in [-0.1, -0.05) is 20.3 Å². The number of nitrogens with zero attached hydrogens (tertiary/aromatic N) is 2. The van der Waals surface area contributed by atoms with E-state index in [4.69, 9.17) is 10.5 Å². The average molecular weight is 418 g/mol. The molecule has 0 fully saturated rings. The number of phenolic OH excluding ortho intramolecular Hbond substituents is 1. The van der Waals surface area contributed by atoms with Crippen LogP contribution in [0.2, 0.25) is 0 Å². The summed E-state index contributed by atoms with van der Waals surface area (Å²) in [6.45, 7) is 3.59. The van der Waals surface area contributed by atoms with E-state index in [0.717, 1.165) is 11.3 Å². The van der Waals surface area contributed by atoms with Crippen molar-refractivity contribution in [2.45, 2.75) is 39.7 Å². The maximum absolute atomic E-state index is 12.8. The molecular formula is C20H26N4O6. The molecule has 1 heterocycles. The molecule has 0 bridgehead atoms. The molecule has 0 spiro atoms. The van der Waals surface area contributed by atoms with Crippen molar-refractivity contribution in [1.29, 1.82) is 0 Å². The zero-order valence-corrected chi connectivity index (χ0v) is 17.0. The first-order valence-electron chi connectivity index (χ1n) is 9.69. The van der Waals surface area contributed by atoms with Crippen molar-refractivity contribution in [2.75, 3.05) is 23.8 Å². The van der Waals surface area contributed by atoms with Gasteiger partial charge in [-0.25, -0.2) is 9.59 Å². The zero-order valence-electron chi connectivity index (χ0n) is 17.0. The third kappa shape index (κ3) is 5.28. The normalized spacial score (nSPS) is 10.6. The number of anilines is 2. The SMILES string of the molecule is CCCCN(C(=O)COC(=O)c1ccc(O)cc1)c1c(N)n(CCC)c(=O)[nH]c1=O. The Bertz CT molecular complexity index is 1010. The summed E-state index contributed by atoms with van der Waals surface area (Å²) in [6.07, 6.45) is 1.91. The molecule has 0 unspecified atom stereocenters. The summed E-state index contributed by atoms with van der Waals surface area (Å²) in [6, 6.07) is 5.37. The number of phenols is 1. The molecule has 162 valence electrons. The number of nitrogens with two attached hydrogens (primary N) is 1. The second-order valence-electron chi connectivity index (χ2n) is 6.67. The van der Waals surface area contributed by atoms with Crippen LogP contribution in [0.3, 0.4) is 0 Å². The fourth-order valence-corrected chi connectivity index (χ4v) is 2.85. The minimum atomic E-state index is -0.779. The number of aromatic hydroxyl groups is 1. The lowest BCUT2D eigenvalue weighted by Gasteiger charge is -2.24. The van der Waals surface area contributed by atoms with E-state index in [1.54, 1.807) is 0 Å². The van der Waals surface area contributed by atoms with Gasteiger partial charge in [0.25, 0.3) is 11.5 Å². The van der Waals surface area contributed by atoms with Crippen LogP contribution >= 0.6 is 0 Å². The first kappa shape index (κ1) is 22.7. The lowest BCUT2D eigenvalue weighted by Crippen LogP contribution is -2.43. The number of aromatic nitrogens is 2. The Hall–Kier alpha value is -3.56. The zero-order chi connectivity index (χ0) is 22.3. The largest absolute Gasteiger partial charge is 0.508 e. The van der Waals surface area contributed by atoms with Gasteiger partial charge in [0, 0.05) is 13.1 Å². The Morgan fingerprint density at radius 2 is 1.83 bits per heavy atom. The second-order valence-corrected chi connectivity index (χ2v) is 6.67. The van der Waals surface area contributed by atoms with Crippen molar-refractivity contribution in [3.8, 4) is 5.75 Å². The minimum absolute atomic E-state index is 0.00901. The fraction of sp³-hybridized carbons (Fsp3) is 0.400. The molecule has 1 aromatic carbocycles. The first-order valence-corrected chi connectivity index (χ1v) is 9.69. The van der Waals surface area contributed by atoms with E-state index in [1.165, 1.54) is 28.8 Å². The lowest BCUT2D eigenvalue weighted by molar-refractivity contribution is -0.121. The highest BCUT2D eigenvalue weighted by atomic mass is 16.5. The van der Waals surface area contributed by atoms with Crippen LogP contribution in [-0.2, 0) is 16.1 Å². The number of unbranched alkanes of at least 4 members (excludes halogenated alkanes) is 1. The van der Waals surface area contributed by atoms with E-state index in [2.05, 4.69) is 4.98 Å². The number of nitrogen functional groups attached to an aromatic ring is 1. The molecule has 10 heteroatoms. The molecule has 2 aromatic rings. The Labute approximate surface area is 172 Å². The number of carbonyl (C=O) groups excluding carboxylic acids is 2. The minimum Gasteiger partial charge on any atom is -0.508 e. The van der Waals surface area contributed by atoms with Crippen molar-refractivity contribution >= 4 is 23.4 Å². The molecule has 0 aliphatic heterocycles. The molecule has 0 aliphatic carbocycles. The Morgan fingerprint density at radius 1 is 1.17 bits per heavy atom. The lowest BCUT2D eigenvalue weighted by atomic mass is 10.2. The number of amides is 1. The third-order valence-electron chi connectivity index (χ3n) is 4.40. The Morgan fingerprint density at radius 3 is 2.43 bits per heavy atom. The predicted molar refractivity (Wildman–Crippen MR) is 112 cm³/mol. The van der Waals surface area contributed by atoms with Gasteiger partial charge < -0.3 is 20.5 Å². The number of hydrogen-bond acceptors (Lipinski definition) is 7. The highest BCUT2D eigenvalue weighted by molar-refractivity contribution is 5.98. The number of hydrogen-bond donors (Lipinski definition) is 3. The molecule has 2 rings (SSSR count). The standard InChI is InChI=1S/C20H26N4O6/c1-3-5-11-23(16-17(21)24(10-4-2)20(29)22-18(16)27)15(26)12-30-19(28)13-6-8-14(25)9-7-13/h6-9,25H,3-5,10-12,21H2,1-2H3,(H,22,27,29). The number of H-pyrrole nitrogens is 1. The summed E-state index contributed by atoms with van der Waals surface area (Å²) in [5, 5.41) is 9.29. The van der Waals surface area contributed by atoms with Gasteiger partial charge in [-0.15, -0.1) is 0 Å². The average Bonchev–Trinajstić information content (AvgIpc) is 2.71. The number of benzene rings is 1. The van der Waals surface area contributed by atoms with Gasteiger partial charge in [-0.2, -0.15) is 0 Å². The molecule has 0 atom stereocenters. The van der Waals surface area contributed by atoms with Crippen LogP contribution in [0.5, 0.6) is 5.75 Å². The summed E-state index contributed by atoms with van der Waals surface area (Å²) in [7, 11) is 0. The molecule has 4 N–H and O–H groups in total. The molecule has 30 heavy (non-hydrogen) atoms. The van der Waals surface area contributed by atoms with Gasteiger partial charge in [-0.05, 0) is 37.1 Å². The molecular weight excluding hydrogens is 392 g/mol. The summed E-state index contributed by atoms with van der Waals surface area (Å²) in [5.41, 5.74) is 4.66. The quantitative estimate of drug-likeness (QED) is 0.519. The fourth-order valence-electron chi connectivity index (χ4n) is 2.85. The van der Waals surface area contributed by atoms with Crippen LogP contribution in [0.15, 0.2) is 33.9 Å². The topological polar surface area (TPSA) is 148 Å². The highest BCUT2D eigenvalue weighted by Gasteiger charge is 2.25. The molecule has 1 amide bonds. The van der Waals surface area contributed by atoms with E-state index < -0.39 is 29.7 Å². The number of nitrogens with one attached hydrogen (secondary N) is 1. The second kappa shape index (κ2) is 10.3. The molecule has 0 aliphatic rings. The summed E-state index contributed by atoms with van der Waals surface area (Å²) < 4.78 is 6.26. The number of rotatable bonds is 9. The van der Waals surface area contributed by atoms with Gasteiger partial charge in [-0.3, -0.25) is 19.1 Å². The number of aromatic amines is 1. The van der Waals surface area contributed by atoms with E-state index in [0.29, 0.717) is 12.8 Å². The van der Waals surface area contributed by atoms with E-state index >= 15 is 0 Å². The summed E-state index contributed by atoms with van der Waals surface area (Å²) >= 11 is 0. The van der Waals surface area contributed by atoms with Crippen molar-refractivity contribution in [3.05, 3.63) is 50.7 Å². The first-order chi connectivity index (χ1) is 14.3. The van der Waals surface area contributed by atoms with Gasteiger partial charge in [0.1, 0.15) is 11.6 Å². The monoisotopic (exact) mass is 418 g/mol. The van der Waals surface area contributed by atoms with Crippen LogP contribution in [0, 0.1) is 0 Å². The van der Waals surface area contributed by atoms with Crippen LogP contribution in [0.1, 0.15) is 43.5 Å². The maximum Gasteiger partial charge on any atom is 0.338 e. The molecule has 0 radical (unpaired) electrons. The summed E-state index contributed by atoms with van der Waals surface area (Å²) in [5.74, 6) is -1.52. The smallest absolute Gasteiger partial charge is 0.338 e. The van der Waals surface area contributed by atoms with E-state index in [9.17, 15) is 24.3 Å². The van der Waals surface area contributed by atoms with Gasteiger partial charge in [0.15, 0.2) is 12.3 Å².